The quantitative estimate of drug-likeness (QED) is 0.287. The maximum absolute atomic E-state index is 13.6. The van der Waals surface area contributed by atoms with Crippen molar-refractivity contribution >= 4 is 46.0 Å². The summed E-state index contributed by atoms with van der Waals surface area (Å²) < 4.78 is 8.42. The molecule has 4 aromatic rings. The number of aromatic nitrogens is 4. The first-order valence-electron chi connectivity index (χ1n) is 10.7. The van der Waals surface area contributed by atoms with Crippen LogP contribution in [-0.2, 0) is 17.9 Å². The maximum Gasteiger partial charge on any atom is 0.280 e. The molecule has 0 aliphatic heterocycles. The molecule has 1 amide bonds. The Morgan fingerprint density at radius 3 is 2.74 bits per heavy atom. The van der Waals surface area contributed by atoms with Gasteiger partial charge in [0.2, 0.25) is 5.91 Å². The molecule has 0 aliphatic rings. The van der Waals surface area contributed by atoms with Gasteiger partial charge in [0.05, 0.1) is 25.1 Å². The van der Waals surface area contributed by atoms with Crippen LogP contribution in [0.15, 0.2) is 58.5 Å². The van der Waals surface area contributed by atoms with Crippen LogP contribution in [0.3, 0.4) is 0 Å². The number of carbonyl (C=O) groups is 1. The second kappa shape index (κ2) is 10.3. The zero-order chi connectivity index (χ0) is 24.2. The van der Waals surface area contributed by atoms with Gasteiger partial charge in [-0.25, -0.2) is 4.98 Å². The van der Waals surface area contributed by atoms with Gasteiger partial charge in [0.15, 0.2) is 10.7 Å². The van der Waals surface area contributed by atoms with Crippen molar-refractivity contribution in [2.24, 2.45) is 0 Å². The molecule has 0 saturated heterocycles. The molecule has 2 aromatic carbocycles. The normalized spacial score (nSPS) is 11.1. The number of nitrogens with zero attached hydrogens (tertiary/aromatic N) is 4. The minimum Gasteiger partial charge on any atom is -0.497 e. The summed E-state index contributed by atoms with van der Waals surface area (Å²) in [4.78, 5) is 30.9. The first-order valence-corrected chi connectivity index (χ1v) is 12.1. The Hall–Kier alpha value is -3.30. The number of nitrogens with one attached hydrogen (secondary N) is 1. The van der Waals surface area contributed by atoms with Gasteiger partial charge in [-0.2, -0.15) is 5.10 Å². The fourth-order valence-corrected chi connectivity index (χ4v) is 4.58. The lowest BCUT2D eigenvalue weighted by atomic mass is 10.2. The number of aryl methyl sites for hydroxylation is 2. The van der Waals surface area contributed by atoms with E-state index in [1.54, 1.807) is 46.7 Å². The number of hydrogen-bond acceptors (Lipinski definition) is 6. The van der Waals surface area contributed by atoms with Gasteiger partial charge in [0, 0.05) is 23.3 Å². The van der Waals surface area contributed by atoms with Gasteiger partial charge in [0.1, 0.15) is 11.3 Å². The number of rotatable bonds is 8. The highest BCUT2D eigenvalue weighted by Gasteiger charge is 2.19. The molecule has 8 nitrogen and oxygen atoms in total. The fraction of sp³-hybridized carbons (Fsp3) is 0.250. The largest absolute Gasteiger partial charge is 0.497 e. The van der Waals surface area contributed by atoms with Gasteiger partial charge in [-0.3, -0.25) is 18.8 Å². The van der Waals surface area contributed by atoms with Crippen molar-refractivity contribution in [3.63, 3.8) is 0 Å². The van der Waals surface area contributed by atoms with Crippen molar-refractivity contribution in [3.05, 3.63) is 75.2 Å². The summed E-state index contributed by atoms with van der Waals surface area (Å²) in [5.74, 6) is 0.492. The summed E-state index contributed by atoms with van der Waals surface area (Å²) in [6.45, 7) is 4.52. The highest BCUT2D eigenvalue weighted by Crippen LogP contribution is 2.24. The Kier molecular flexibility index (Phi) is 7.23. The number of methoxy groups -OCH3 is 1. The van der Waals surface area contributed by atoms with Crippen LogP contribution in [0.25, 0.3) is 11.0 Å². The molecule has 0 radical (unpaired) electrons. The van der Waals surface area contributed by atoms with Crippen LogP contribution in [0.5, 0.6) is 5.75 Å². The zero-order valence-corrected chi connectivity index (χ0v) is 20.6. The van der Waals surface area contributed by atoms with Crippen LogP contribution in [0, 0.1) is 6.92 Å². The Morgan fingerprint density at radius 1 is 1.21 bits per heavy atom. The molecule has 4 rings (SSSR count). The van der Waals surface area contributed by atoms with Crippen LogP contribution in [0.1, 0.15) is 18.2 Å². The molecular weight excluding hydrogens is 474 g/mol. The third kappa shape index (κ3) is 4.95. The van der Waals surface area contributed by atoms with Crippen molar-refractivity contribution < 1.29 is 9.53 Å². The van der Waals surface area contributed by atoms with E-state index in [-0.39, 0.29) is 23.8 Å². The number of carbonyl (C=O) groups excluding carboxylic acids is 1. The smallest absolute Gasteiger partial charge is 0.280 e. The number of benzene rings is 2. The molecule has 34 heavy (non-hydrogen) atoms. The summed E-state index contributed by atoms with van der Waals surface area (Å²) >= 11 is 7.56. The molecule has 176 valence electrons. The van der Waals surface area contributed by atoms with Crippen molar-refractivity contribution in [3.8, 4) is 5.75 Å². The third-order valence-electron chi connectivity index (χ3n) is 5.25. The Bertz CT molecular complexity index is 1420. The Labute approximate surface area is 205 Å². The van der Waals surface area contributed by atoms with Crippen LogP contribution >= 0.6 is 23.4 Å². The van der Waals surface area contributed by atoms with Gasteiger partial charge in [-0.1, -0.05) is 47.6 Å². The Balaban J connectivity index is 1.67. The number of hydrogen-bond donors (Lipinski definition) is 1. The van der Waals surface area contributed by atoms with Gasteiger partial charge >= 0.3 is 0 Å². The van der Waals surface area contributed by atoms with Crippen molar-refractivity contribution in [2.75, 3.05) is 18.2 Å². The number of anilines is 1. The van der Waals surface area contributed by atoms with Crippen LogP contribution < -0.4 is 15.6 Å². The number of amides is 1. The predicted octanol–water partition coefficient (Wildman–Crippen LogP) is 4.36. The second-order valence-electron chi connectivity index (χ2n) is 7.54. The molecule has 10 heteroatoms. The van der Waals surface area contributed by atoms with E-state index in [1.807, 2.05) is 32.0 Å². The number of ether oxygens (including phenoxy) is 1. The number of halogens is 1. The molecule has 0 unspecified atom stereocenters. The lowest BCUT2D eigenvalue weighted by Crippen LogP contribution is -2.26. The molecule has 0 spiro atoms. The zero-order valence-electron chi connectivity index (χ0n) is 19.0. The van der Waals surface area contributed by atoms with E-state index in [4.69, 9.17) is 21.3 Å². The monoisotopic (exact) mass is 497 g/mol. The minimum atomic E-state index is -0.224. The predicted molar refractivity (Wildman–Crippen MR) is 135 cm³/mol. The molecule has 0 fully saturated rings. The molecule has 2 heterocycles. The molecular formula is C24H24ClN5O3S. The van der Waals surface area contributed by atoms with Crippen LogP contribution in [0.4, 0.5) is 5.69 Å². The van der Waals surface area contributed by atoms with E-state index in [9.17, 15) is 9.59 Å². The fourth-order valence-electron chi connectivity index (χ4n) is 3.59. The van der Waals surface area contributed by atoms with Gasteiger partial charge in [0.25, 0.3) is 5.56 Å². The van der Waals surface area contributed by atoms with Crippen molar-refractivity contribution in [2.45, 2.75) is 32.1 Å². The van der Waals surface area contributed by atoms with Gasteiger partial charge in [-0.05, 0) is 37.6 Å². The average molecular weight is 498 g/mol. The van der Waals surface area contributed by atoms with E-state index in [1.165, 1.54) is 11.8 Å². The average Bonchev–Trinajstić information content (AvgIpc) is 3.16. The lowest BCUT2D eigenvalue weighted by Gasteiger charge is -2.14. The maximum atomic E-state index is 13.6. The summed E-state index contributed by atoms with van der Waals surface area (Å²) in [5, 5.41) is 8.29. The van der Waals surface area contributed by atoms with Gasteiger partial charge in [-0.15, -0.1) is 0 Å². The minimum absolute atomic E-state index is 0.0681. The summed E-state index contributed by atoms with van der Waals surface area (Å²) in [7, 11) is 1.57. The second-order valence-corrected chi connectivity index (χ2v) is 8.89. The summed E-state index contributed by atoms with van der Waals surface area (Å²) in [6, 6.07) is 14.5. The molecule has 0 bridgehead atoms. The SMILES string of the molecule is CCn1nc(C)c2nc(SCC(=O)Nc3cccc(OC)c3)n(Cc3ccccc3Cl)c(=O)c21. The highest BCUT2D eigenvalue weighted by atomic mass is 35.5. The van der Waals surface area contributed by atoms with E-state index in [0.717, 1.165) is 5.56 Å². The van der Waals surface area contributed by atoms with E-state index < -0.39 is 0 Å². The molecule has 2 aromatic heterocycles. The topological polar surface area (TPSA) is 91.0 Å². The summed E-state index contributed by atoms with van der Waals surface area (Å²) in [5.41, 5.74) is 2.84. The number of thioether (sulfide) groups is 1. The van der Waals surface area contributed by atoms with Crippen LogP contribution in [0.2, 0.25) is 5.02 Å². The molecule has 0 atom stereocenters. The Morgan fingerprint density at radius 2 is 2.00 bits per heavy atom. The first-order chi connectivity index (χ1) is 16.4. The summed E-state index contributed by atoms with van der Waals surface area (Å²) in [6.07, 6.45) is 0. The molecule has 0 aliphatic carbocycles. The van der Waals surface area contributed by atoms with Crippen LogP contribution in [-0.4, -0.2) is 38.1 Å². The number of fused-ring (bicyclic) bond motifs is 1. The van der Waals surface area contributed by atoms with Gasteiger partial charge < -0.3 is 10.1 Å². The lowest BCUT2D eigenvalue weighted by molar-refractivity contribution is -0.113. The standard InChI is InChI=1S/C24H24ClN5O3S/c1-4-30-22-21(15(2)28-30)27-24(29(23(22)32)13-16-8-5-6-11-19(16)25)34-14-20(31)26-17-9-7-10-18(12-17)33-3/h5-12H,4,13-14H2,1-3H3,(H,26,31). The highest BCUT2D eigenvalue weighted by molar-refractivity contribution is 7.99. The van der Waals surface area contributed by atoms with E-state index in [0.29, 0.717) is 44.9 Å². The van der Waals surface area contributed by atoms with Crippen molar-refractivity contribution in [1.82, 2.24) is 19.3 Å². The van der Waals surface area contributed by atoms with E-state index >= 15 is 0 Å². The third-order valence-corrected chi connectivity index (χ3v) is 6.60. The first kappa shape index (κ1) is 23.8. The molecule has 1 N–H and O–H groups in total. The van der Waals surface area contributed by atoms with E-state index in [2.05, 4.69) is 10.4 Å². The molecule has 0 saturated carbocycles. The van der Waals surface area contributed by atoms with Crippen molar-refractivity contribution in [1.29, 1.82) is 0 Å².